The van der Waals surface area contributed by atoms with Gasteiger partial charge in [-0.15, -0.1) is 0 Å². The van der Waals surface area contributed by atoms with Gasteiger partial charge >= 0.3 is 0 Å². The van der Waals surface area contributed by atoms with E-state index in [2.05, 4.69) is 5.32 Å². The first-order valence-electron chi connectivity index (χ1n) is 9.80. The van der Waals surface area contributed by atoms with Crippen molar-refractivity contribution in [1.29, 1.82) is 0 Å². The molecule has 0 saturated heterocycles. The molecule has 7 heteroatoms. The van der Waals surface area contributed by atoms with Gasteiger partial charge in [0.25, 0.3) is 0 Å². The number of carbonyl (C=O) groups excluding carboxylic acids is 2. The van der Waals surface area contributed by atoms with E-state index in [1.807, 2.05) is 27.7 Å². The smallest absolute Gasteiger partial charge is 0.243 e. The van der Waals surface area contributed by atoms with Crippen LogP contribution in [0, 0.1) is 5.82 Å². The Labute approximate surface area is 187 Å². The largest absolute Gasteiger partial charge is 0.350 e. The Morgan fingerprint density at radius 2 is 1.63 bits per heavy atom. The van der Waals surface area contributed by atoms with Crippen LogP contribution in [0.2, 0.25) is 10.0 Å². The second-order valence-corrected chi connectivity index (χ2v) is 9.05. The highest BCUT2D eigenvalue weighted by Crippen LogP contribution is 2.24. The van der Waals surface area contributed by atoms with Crippen molar-refractivity contribution in [2.45, 2.75) is 58.7 Å². The molecule has 2 amide bonds. The number of benzene rings is 2. The highest BCUT2D eigenvalue weighted by Gasteiger charge is 2.30. The monoisotopic (exact) mass is 452 g/mol. The summed E-state index contributed by atoms with van der Waals surface area (Å²) in [5.41, 5.74) is 1.00. The Morgan fingerprint density at radius 1 is 1.03 bits per heavy atom. The predicted octanol–water partition coefficient (Wildman–Crippen LogP) is 5.40. The zero-order valence-corrected chi connectivity index (χ0v) is 19.1. The van der Waals surface area contributed by atoms with E-state index in [4.69, 9.17) is 23.2 Å². The number of nitrogens with one attached hydrogen (secondary N) is 1. The van der Waals surface area contributed by atoms with E-state index in [9.17, 15) is 14.0 Å². The van der Waals surface area contributed by atoms with Crippen molar-refractivity contribution >= 4 is 35.0 Å². The number of halogens is 3. The minimum absolute atomic E-state index is 0.0668. The highest BCUT2D eigenvalue weighted by atomic mass is 35.5. The van der Waals surface area contributed by atoms with Gasteiger partial charge in [-0.3, -0.25) is 9.59 Å². The van der Waals surface area contributed by atoms with Crippen molar-refractivity contribution in [1.82, 2.24) is 10.2 Å². The zero-order valence-electron chi connectivity index (χ0n) is 17.6. The lowest BCUT2D eigenvalue weighted by Gasteiger charge is -2.33. The number of rotatable bonds is 7. The molecule has 0 aliphatic heterocycles. The lowest BCUT2D eigenvalue weighted by atomic mass is 10.0. The second-order valence-electron chi connectivity index (χ2n) is 8.24. The fourth-order valence-corrected chi connectivity index (χ4v) is 3.41. The van der Waals surface area contributed by atoms with Crippen molar-refractivity contribution in [3.05, 3.63) is 69.5 Å². The van der Waals surface area contributed by atoms with Gasteiger partial charge in [0.2, 0.25) is 11.8 Å². The van der Waals surface area contributed by atoms with Gasteiger partial charge in [0.1, 0.15) is 11.9 Å². The summed E-state index contributed by atoms with van der Waals surface area (Å²) in [4.78, 5) is 27.7. The summed E-state index contributed by atoms with van der Waals surface area (Å²) in [6.07, 6.45) is 0.508. The van der Waals surface area contributed by atoms with Crippen molar-refractivity contribution in [3.63, 3.8) is 0 Å². The standard InChI is InChI=1S/C23H27Cl2FN2O2/c1-5-20(22(30)27-23(2,3)4)28(14-15-6-9-17(26)10-7-15)21(29)13-16-8-11-18(24)19(25)12-16/h6-12,20H,5,13-14H2,1-4H3,(H,27,30)/t20-/m1/s1. The number of carbonyl (C=O) groups is 2. The summed E-state index contributed by atoms with van der Waals surface area (Å²) < 4.78 is 13.3. The van der Waals surface area contributed by atoms with Crippen molar-refractivity contribution in [2.75, 3.05) is 0 Å². The van der Waals surface area contributed by atoms with Crippen LogP contribution in [-0.4, -0.2) is 28.3 Å². The van der Waals surface area contributed by atoms with Crippen LogP contribution < -0.4 is 5.32 Å². The van der Waals surface area contributed by atoms with Crippen molar-refractivity contribution in [2.24, 2.45) is 0 Å². The van der Waals surface area contributed by atoms with Crippen molar-refractivity contribution < 1.29 is 14.0 Å². The summed E-state index contributed by atoms with van der Waals surface area (Å²) in [5.74, 6) is -0.812. The minimum atomic E-state index is -0.662. The molecule has 1 atom stereocenters. The third-order valence-electron chi connectivity index (χ3n) is 4.49. The molecule has 1 N–H and O–H groups in total. The Kier molecular flexibility index (Phi) is 8.27. The molecule has 0 spiro atoms. The molecule has 30 heavy (non-hydrogen) atoms. The van der Waals surface area contributed by atoms with Crippen LogP contribution in [0.1, 0.15) is 45.2 Å². The molecule has 162 valence electrons. The van der Waals surface area contributed by atoms with Crippen LogP contribution in [0.5, 0.6) is 0 Å². The van der Waals surface area contributed by atoms with Crippen LogP contribution in [0.3, 0.4) is 0 Å². The summed E-state index contributed by atoms with van der Waals surface area (Å²) in [5, 5.41) is 3.72. The van der Waals surface area contributed by atoms with Gasteiger partial charge in [0.15, 0.2) is 0 Å². The quantitative estimate of drug-likeness (QED) is 0.611. The molecule has 0 unspecified atom stereocenters. The lowest BCUT2D eigenvalue weighted by Crippen LogP contribution is -2.53. The zero-order chi connectivity index (χ0) is 22.5. The summed E-state index contributed by atoms with van der Waals surface area (Å²) in [6.45, 7) is 7.71. The van der Waals surface area contributed by atoms with Crippen LogP contribution in [-0.2, 0) is 22.6 Å². The molecular formula is C23H27Cl2FN2O2. The molecule has 2 rings (SSSR count). The van der Waals surface area contributed by atoms with Gasteiger partial charge in [-0.2, -0.15) is 0 Å². The average Bonchev–Trinajstić information content (AvgIpc) is 2.64. The maximum atomic E-state index is 13.3. The Morgan fingerprint density at radius 3 is 2.17 bits per heavy atom. The van der Waals surface area contributed by atoms with Crippen LogP contribution in [0.4, 0.5) is 4.39 Å². The number of hydrogen-bond donors (Lipinski definition) is 1. The van der Waals surface area contributed by atoms with Gasteiger partial charge in [-0.25, -0.2) is 4.39 Å². The molecular weight excluding hydrogens is 426 g/mol. The number of hydrogen-bond acceptors (Lipinski definition) is 2. The summed E-state index contributed by atoms with van der Waals surface area (Å²) in [6, 6.07) is 10.3. The third-order valence-corrected chi connectivity index (χ3v) is 5.23. The molecule has 0 aromatic heterocycles. The van der Waals surface area contributed by atoms with Gasteiger partial charge in [0.05, 0.1) is 16.5 Å². The Hall–Kier alpha value is -2.11. The molecule has 4 nitrogen and oxygen atoms in total. The van der Waals surface area contributed by atoms with Gasteiger partial charge in [-0.05, 0) is 62.6 Å². The molecule has 0 bridgehead atoms. The molecule has 2 aromatic rings. The summed E-state index contributed by atoms with van der Waals surface area (Å²) >= 11 is 12.0. The average molecular weight is 453 g/mol. The van der Waals surface area contributed by atoms with E-state index < -0.39 is 11.6 Å². The topological polar surface area (TPSA) is 49.4 Å². The van der Waals surface area contributed by atoms with Crippen molar-refractivity contribution in [3.8, 4) is 0 Å². The fourth-order valence-electron chi connectivity index (χ4n) is 3.08. The highest BCUT2D eigenvalue weighted by molar-refractivity contribution is 6.42. The minimum Gasteiger partial charge on any atom is -0.350 e. The Bertz CT molecular complexity index is 895. The molecule has 0 fully saturated rings. The fraction of sp³-hybridized carbons (Fsp3) is 0.391. The van der Waals surface area contributed by atoms with E-state index in [0.29, 0.717) is 22.0 Å². The molecule has 0 heterocycles. The lowest BCUT2D eigenvalue weighted by molar-refractivity contribution is -0.141. The first kappa shape index (κ1) is 24.2. The second kappa shape index (κ2) is 10.3. The molecule has 0 radical (unpaired) electrons. The SMILES string of the molecule is CC[C@H](C(=O)NC(C)(C)C)N(Cc1ccc(F)cc1)C(=O)Cc1ccc(Cl)c(Cl)c1. The van der Waals surface area contributed by atoms with Gasteiger partial charge < -0.3 is 10.2 Å². The number of amides is 2. The van der Waals surface area contributed by atoms with E-state index in [1.54, 1.807) is 30.3 Å². The first-order valence-corrected chi connectivity index (χ1v) is 10.6. The number of nitrogens with zero attached hydrogens (tertiary/aromatic N) is 1. The predicted molar refractivity (Wildman–Crippen MR) is 119 cm³/mol. The molecule has 0 aliphatic rings. The maximum absolute atomic E-state index is 13.3. The summed E-state index contributed by atoms with van der Waals surface area (Å²) in [7, 11) is 0. The normalized spacial score (nSPS) is 12.4. The first-order chi connectivity index (χ1) is 14.0. The molecule has 0 saturated carbocycles. The van der Waals surface area contributed by atoms with E-state index >= 15 is 0 Å². The third kappa shape index (κ3) is 6.99. The van der Waals surface area contributed by atoms with Gasteiger partial charge in [-0.1, -0.05) is 48.3 Å². The van der Waals surface area contributed by atoms with E-state index in [1.165, 1.54) is 17.0 Å². The van der Waals surface area contributed by atoms with Crippen LogP contribution in [0.15, 0.2) is 42.5 Å². The molecule has 0 aliphatic carbocycles. The van der Waals surface area contributed by atoms with Crippen LogP contribution in [0.25, 0.3) is 0 Å². The van der Waals surface area contributed by atoms with Gasteiger partial charge in [0, 0.05) is 12.1 Å². The van der Waals surface area contributed by atoms with Crippen LogP contribution >= 0.6 is 23.2 Å². The Balaban J connectivity index is 2.32. The van der Waals surface area contributed by atoms with E-state index in [-0.39, 0.29) is 30.6 Å². The maximum Gasteiger partial charge on any atom is 0.243 e. The molecule has 2 aromatic carbocycles. The van der Waals surface area contributed by atoms with E-state index in [0.717, 1.165) is 5.56 Å².